The Morgan fingerprint density at radius 1 is 1.56 bits per heavy atom. The molecule has 0 fully saturated rings. The number of ether oxygens (including phenoxy) is 1. The summed E-state index contributed by atoms with van der Waals surface area (Å²) in [5, 5.41) is 0. The average Bonchev–Trinajstić information content (AvgIpc) is 2.81. The third kappa shape index (κ3) is 3.00. The number of hydrogen-bond acceptors (Lipinski definition) is 6. The van der Waals surface area contributed by atoms with E-state index in [0.29, 0.717) is 6.61 Å². The Labute approximate surface area is 115 Å². The summed E-state index contributed by atoms with van der Waals surface area (Å²) < 4.78 is 9.13. The molecule has 0 saturated carbocycles. The minimum atomic E-state index is -0.306. The number of nitrogens with two attached hydrogens (primary N) is 1. The fourth-order valence-electron chi connectivity index (χ4n) is 1.51. The predicted octanol–water partition coefficient (Wildman–Crippen LogP) is 2.60. The Morgan fingerprint density at radius 2 is 2.33 bits per heavy atom. The summed E-state index contributed by atoms with van der Waals surface area (Å²) in [7, 11) is 0. The van der Waals surface area contributed by atoms with Crippen LogP contribution in [-0.2, 0) is 9.53 Å². The van der Waals surface area contributed by atoms with E-state index in [2.05, 4.69) is 4.40 Å². The summed E-state index contributed by atoms with van der Waals surface area (Å²) in [5.41, 5.74) is 6.61. The summed E-state index contributed by atoms with van der Waals surface area (Å²) in [4.78, 5) is 12.7. The lowest BCUT2D eigenvalue weighted by molar-refractivity contribution is -0.144. The van der Waals surface area contributed by atoms with Crippen molar-refractivity contribution in [1.82, 2.24) is 0 Å². The van der Waals surface area contributed by atoms with E-state index < -0.39 is 0 Å². The van der Waals surface area contributed by atoms with Gasteiger partial charge in [-0.15, -0.1) is 11.8 Å². The molecule has 18 heavy (non-hydrogen) atoms. The van der Waals surface area contributed by atoms with E-state index in [9.17, 15) is 4.79 Å². The molecule has 0 spiro atoms. The van der Waals surface area contributed by atoms with Crippen molar-refractivity contribution in [2.75, 3.05) is 12.3 Å². The van der Waals surface area contributed by atoms with Gasteiger partial charge in [-0.3, -0.25) is 4.79 Å². The minimum Gasteiger partial charge on any atom is -0.465 e. The molecule has 1 aliphatic heterocycles. The van der Waals surface area contributed by atoms with Crippen LogP contribution in [-0.4, -0.2) is 23.4 Å². The first-order valence-corrected chi connectivity index (χ1v) is 7.31. The predicted molar refractivity (Wildman–Crippen MR) is 76.7 cm³/mol. The van der Waals surface area contributed by atoms with Crippen molar-refractivity contribution in [1.29, 1.82) is 0 Å². The number of carbonyl (C=O) groups excluding carboxylic acids is 1. The Bertz CT molecular complexity index is 465. The second-order valence-electron chi connectivity index (χ2n) is 3.66. The molecule has 0 amide bonds. The maximum atomic E-state index is 11.8. The normalized spacial score (nSPS) is 22.1. The first kappa shape index (κ1) is 13.3. The van der Waals surface area contributed by atoms with Gasteiger partial charge in [0.15, 0.2) is 0 Å². The van der Waals surface area contributed by atoms with Crippen LogP contribution in [0.1, 0.15) is 6.92 Å². The average molecular weight is 282 g/mol. The number of nitrogen functional groups attached to an aromatic ring is 1. The van der Waals surface area contributed by atoms with E-state index in [0.717, 1.165) is 10.6 Å². The first-order chi connectivity index (χ1) is 8.72. The fraction of sp³-hybridized carbons (Fsp3) is 0.333. The Kier molecular flexibility index (Phi) is 4.54. The highest BCUT2D eigenvalue weighted by Gasteiger charge is 2.33. The largest absolute Gasteiger partial charge is 0.465 e. The van der Waals surface area contributed by atoms with Crippen LogP contribution >= 0.6 is 23.7 Å². The van der Waals surface area contributed by atoms with Crippen LogP contribution in [0.5, 0.6) is 0 Å². The summed E-state index contributed by atoms with van der Waals surface area (Å²) in [6, 6.07) is 7.61. The molecule has 96 valence electrons. The van der Waals surface area contributed by atoms with Crippen molar-refractivity contribution in [3.05, 3.63) is 24.3 Å². The molecular weight excluding hydrogens is 268 g/mol. The Hall–Kier alpha value is -1.14. The summed E-state index contributed by atoms with van der Waals surface area (Å²) >= 11 is 2.94. The van der Waals surface area contributed by atoms with Crippen LogP contribution in [0.25, 0.3) is 0 Å². The van der Waals surface area contributed by atoms with Gasteiger partial charge in [0.2, 0.25) is 0 Å². The number of rotatable bonds is 4. The van der Waals surface area contributed by atoms with Crippen molar-refractivity contribution in [2.45, 2.75) is 16.4 Å². The van der Waals surface area contributed by atoms with E-state index in [1.54, 1.807) is 24.9 Å². The van der Waals surface area contributed by atoms with Crippen molar-refractivity contribution in [3.8, 4) is 0 Å². The molecule has 2 N–H and O–H groups in total. The van der Waals surface area contributed by atoms with Crippen LogP contribution < -0.4 is 5.73 Å². The second kappa shape index (κ2) is 6.15. The van der Waals surface area contributed by atoms with Crippen molar-refractivity contribution in [2.24, 2.45) is 10.3 Å². The van der Waals surface area contributed by atoms with Gasteiger partial charge >= 0.3 is 5.97 Å². The Balaban J connectivity index is 2.05. The summed E-state index contributed by atoms with van der Waals surface area (Å²) in [5.74, 6) is -0.530. The second-order valence-corrected chi connectivity index (χ2v) is 6.07. The zero-order valence-electron chi connectivity index (χ0n) is 9.91. The number of para-hydroxylation sites is 1. The van der Waals surface area contributed by atoms with Gasteiger partial charge in [-0.05, 0) is 31.0 Å². The van der Waals surface area contributed by atoms with Crippen LogP contribution in [0.15, 0.2) is 33.6 Å². The minimum absolute atomic E-state index is 0.00579. The topological polar surface area (TPSA) is 64.7 Å². The van der Waals surface area contributed by atoms with E-state index >= 15 is 0 Å². The van der Waals surface area contributed by atoms with Gasteiger partial charge in [0, 0.05) is 16.8 Å². The summed E-state index contributed by atoms with van der Waals surface area (Å²) in [6.07, 6.45) is 1.65. The molecule has 0 radical (unpaired) electrons. The SMILES string of the molecule is CCOC(=O)C1C=NSC1Sc1ccccc1N. The smallest absolute Gasteiger partial charge is 0.316 e. The molecule has 0 saturated heterocycles. The van der Waals surface area contributed by atoms with Crippen molar-refractivity contribution >= 4 is 41.6 Å². The molecule has 1 aromatic rings. The standard InChI is InChI=1S/C12H14N2O2S2/c1-2-16-11(15)8-7-14-18-12(8)17-10-6-4-3-5-9(10)13/h3-8,12H,2,13H2,1H3. The molecule has 6 heteroatoms. The van der Waals surface area contributed by atoms with E-state index in [1.807, 2.05) is 24.3 Å². The lowest BCUT2D eigenvalue weighted by Gasteiger charge is -2.15. The van der Waals surface area contributed by atoms with Crippen LogP contribution in [0.3, 0.4) is 0 Å². The molecule has 0 aromatic heterocycles. The molecule has 1 heterocycles. The first-order valence-electron chi connectivity index (χ1n) is 5.59. The quantitative estimate of drug-likeness (QED) is 0.522. The van der Waals surface area contributed by atoms with Gasteiger partial charge in [0.1, 0.15) is 5.92 Å². The summed E-state index contributed by atoms with van der Waals surface area (Å²) in [6.45, 7) is 2.19. The van der Waals surface area contributed by atoms with Crippen LogP contribution in [0.2, 0.25) is 0 Å². The molecule has 0 aliphatic carbocycles. The molecule has 0 bridgehead atoms. The lowest BCUT2D eigenvalue weighted by Crippen LogP contribution is -2.24. The molecular formula is C12H14N2O2S2. The molecule has 2 rings (SSSR count). The van der Waals surface area contributed by atoms with Gasteiger partial charge < -0.3 is 10.5 Å². The number of hydrogen-bond donors (Lipinski definition) is 1. The van der Waals surface area contributed by atoms with Gasteiger partial charge in [-0.25, -0.2) is 4.40 Å². The zero-order valence-corrected chi connectivity index (χ0v) is 11.5. The van der Waals surface area contributed by atoms with Crippen molar-refractivity contribution < 1.29 is 9.53 Å². The highest BCUT2D eigenvalue weighted by molar-refractivity contribution is 8.16. The van der Waals surface area contributed by atoms with E-state index in [1.165, 1.54) is 11.9 Å². The lowest BCUT2D eigenvalue weighted by atomic mass is 10.2. The number of thioether (sulfide) groups is 1. The maximum Gasteiger partial charge on any atom is 0.316 e. The number of nitrogens with zero attached hydrogens (tertiary/aromatic N) is 1. The van der Waals surface area contributed by atoms with Gasteiger partial charge in [-0.1, -0.05) is 12.1 Å². The molecule has 1 aliphatic rings. The maximum absolute atomic E-state index is 11.8. The van der Waals surface area contributed by atoms with Crippen molar-refractivity contribution in [3.63, 3.8) is 0 Å². The zero-order chi connectivity index (χ0) is 13.0. The van der Waals surface area contributed by atoms with Crippen LogP contribution in [0.4, 0.5) is 5.69 Å². The molecule has 1 aromatic carbocycles. The monoisotopic (exact) mass is 282 g/mol. The number of anilines is 1. The number of benzene rings is 1. The Morgan fingerprint density at radius 3 is 3.06 bits per heavy atom. The molecule has 2 atom stereocenters. The van der Waals surface area contributed by atoms with Gasteiger partial charge in [0.05, 0.1) is 11.2 Å². The third-order valence-corrected chi connectivity index (χ3v) is 4.84. The molecule has 2 unspecified atom stereocenters. The third-order valence-electron chi connectivity index (χ3n) is 2.40. The van der Waals surface area contributed by atoms with E-state index in [4.69, 9.17) is 10.5 Å². The highest BCUT2D eigenvalue weighted by atomic mass is 32.2. The molecule has 4 nitrogen and oxygen atoms in total. The van der Waals surface area contributed by atoms with Gasteiger partial charge in [-0.2, -0.15) is 0 Å². The number of esters is 1. The fourth-order valence-corrected chi connectivity index (χ4v) is 3.72. The highest BCUT2D eigenvalue weighted by Crippen LogP contribution is 2.41. The van der Waals surface area contributed by atoms with E-state index in [-0.39, 0.29) is 16.5 Å². The van der Waals surface area contributed by atoms with Gasteiger partial charge in [0.25, 0.3) is 0 Å². The number of carbonyl (C=O) groups is 1. The van der Waals surface area contributed by atoms with Crippen LogP contribution in [0, 0.1) is 5.92 Å².